The van der Waals surface area contributed by atoms with Gasteiger partial charge in [0, 0.05) is 0 Å². The molecule has 28 heavy (non-hydrogen) atoms. The Hall–Kier alpha value is -2.60. The lowest BCUT2D eigenvalue weighted by molar-refractivity contribution is 0.638. The molecule has 0 aromatic heterocycles. The van der Waals surface area contributed by atoms with Crippen molar-refractivity contribution in [3.05, 3.63) is 89.0 Å². The Morgan fingerprint density at radius 2 is 1.43 bits per heavy atom. The normalized spacial score (nSPS) is 13.1. The molecule has 3 aromatic rings. The number of hydrogen-bond donors (Lipinski definition) is 0. The van der Waals surface area contributed by atoms with E-state index in [0.29, 0.717) is 11.8 Å². The van der Waals surface area contributed by atoms with Gasteiger partial charge in [0.15, 0.2) is 0 Å². The molecule has 0 radical (unpaired) electrons. The Kier molecular flexibility index (Phi) is 5.22. The Labute approximate surface area is 169 Å². The Morgan fingerprint density at radius 3 is 2.11 bits per heavy atom. The maximum atomic E-state index is 2.48. The first-order chi connectivity index (χ1) is 13.5. The lowest BCUT2D eigenvalue weighted by Gasteiger charge is -2.20. The number of rotatable bonds is 5. The molecule has 0 aliphatic heterocycles. The second-order valence-corrected chi connectivity index (χ2v) is 8.75. The highest BCUT2D eigenvalue weighted by molar-refractivity contribution is 5.91. The van der Waals surface area contributed by atoms with E-state index < -0.39 is 0 Å². The van der Waals surface area contributed by atoms with Gasteiger partial charge in [-0.1, -0.05) is 106 Å². The van der Waals surface area contributed by atoms with E-state index in [-0.39, 0.29) is 0 Å². The van der Waals surface area contributed by atoms with Crippen LogP contribution in [0.5, 0.6) is 0 Å². The van der Waals surface area contributed by atoms with Crippen LogP contribution in [0.3, 0.4) is 0 Å². The highest BCUT2D eigenvalue weighted by Gasteiger charge is 2.22. The van der Waals surface area contributed by atoms with Gasteiger partial charge in [-0.25, -0.2) is 0 Å². The second-order valence-electron chi connectivity index (χ2n) is 8.75. The summed E-state index contributed by atoms with van der Waals surface area (Å²) in [5.41, 5.74) is 11.4. The molecule has 0 unspecified atom stereocenters. The molecule has 0 heteroatoms. The summed E-state index contributed by atoms with van der Waals surface area (Å²) in [5, 5.41) is 0. The molecule has 0 spiro atoms. The summed E-state index contributed by atoms with van der Waals surface area (Å²) in [6.07, 6.45) is 4.77. The van der Waals surface area contributed by atoms with Crippen LogP contribution >= 0.6 is 0 Å². The van der Waals surface area contributed by atoms with Crippen molar-refractivity contribution in [3.63, 3.8) is 0 Å². The second kappa shape index (κ2) is 7.80. The van der Waals surface area contributed by atoms with Crippen molar-refractivity contribution < 1.29 is 0 Å². The summed E-state index contributed by atoms with van der Waals surface area (Å²) in [5.74, 6) is 1.19. The van der Waals surface area contributed by atoms with E-state index in [0.717, 1.165) is 6.42 Å². The van der Waals surface area contributed by atoms with Crippen LogP contribution < -0.4 is 0 Å². The van der Waals surface area contributed by atoms with E-state index in [1.165, 1.54) is 45.4 Å². The fourth-order valence-corrected chi connectivity index (χ4v) is 4.51. The number of allylic oxidation sites excluding steroid dienone is 1. The van der Waals surface area contributed by atoms with Gasteiger partial charge in [0.1, 0.15) is 0 Å². The predicted molar refractivity (Wildman–Crippen MR) is 123 cm³/mol. The average molecular weight is 367 g/mol. The van der Waals surface area contributed by atoms with Gasteiger partial charge in [0.05, 0.1) is 0 Å². The molecule has 0 saturated heterocycles. The summed E-state index contributed by atoms with van der Waals surface area (Å²) in [6, 6.07) is 24.4. The van der Waals surface area contributed by atoms with Crippen LogP contribution in [0.15, 0.2) is 72.3 Å². The van der Waals surface area contributed by atoms with Crippen molar-refractivity contribution in [1.29, 1.82) is 0 Å². The van der Waals surface area contributed by atoms with Gasteiger partial charge >= 0.3 is 0 Å². The molecule has 0 bridgehead atoms. The topological polar surface area (TPSA) is 0 Å². The van der Waals surface area contributed by atoms with E-state index in [1.54, 1.807) is 5.57 Å². The van der Waals surface area contributed by atoms with E-state index in [4.69, 9.17) is 0 Å². The fraction of sp³-hybridized carbons (Fsp3) is 0.286. The molecule has 0 amide bonds. The third-order valence-electron chi connectivity index (χ3n) is 5.71. The van der Waals surface area contributed by atoms with Gasteiger partial charge in [0.25, 0.3) is 0 Å². The number of benzene rings is 3. The molecule has 142 valence electrons. The zero-order chi connectivity index (χ0) is 19.7. The van der Waals surface area contributed by atoms with Crippen LogP contribution in [0.25, 0.3) is 28.3 Å². The minimum atomic E-state index is 0.492. The Balaban J connectivity index is 1.95. The maximum absolute atomic E-state index is 2.48. The van der Waals surface area contributed by atoms with E-state index >= 15 is 0 Å². The molecule has 0 atom stereocenters. The van der Waals surface area contributed by atoms with Crippen LogP contribution in [0.2, 0.25) is 0 Å². The van der Waals surface area contributed by atoms with Crippen molar-refractivity contribution >= 4 is 6.08 Å². The molecule has 0 heterocycles. The minimum absolute atomic E-state index is 0.492. The monoisotopic (exact) mass is 366 g/mol. The zero-order valence-electron chi connectivity index (χ0n) is 17.5. The van der Waals surface area contributed by atoms with Crippen molar-refractivity contribution in [2.45, 2.75) is 46.5 Å². The summed E-state index contributed by atoms with van der Waals surface area (Å²) in [7, 11) is 0. The van der Waals surface area contributed by atoms with Crippen molar-refractivity contribution in [1.82, 2.24) is 0 Å². The van der Waals surface area contributed by atoms with E-state index in [1.807, 2.05) is 0 Å². The third-order valence-corrected chi connectivity index (χ3v) is 5.71. The Bertz CT molecular complexity index is 1000. The SMILES string of the molecule is CC(C)CC1=Cc2c(ccc(C(C)C)c2-c2ccccc2-c2ccccc2)C1. The molecule has 0 saturated carbocycles. The fourth-order valence-electron chi connectivity index (χ4n) is 4.51. The summed E-state index contributed by atoms with van der Waals surface area (Å²) >= 11 is 0. The Morgan fingerprint density at radius 1 is 0.750 bits per heavy atom. The summed E-state index contributed by atoms with van der Waals surface area (Å²) in [6.45, 7) is 9.25. The van der Waals surface area contributed by atoms with Crippen molar-refractivity contribution in [2.24, 2.45) is 5.92 Å². The molecule has 4 rings (SSSR count). The lowest BCUT2D eigenvalue weighted by Crippen LogP contribution is -1.99. The van der Waals surface area contributed by atoms with Crippen LogP contribution in [0.1, 0.15) is 56.7 Å². The largest absolute Gasteiger partial charge is 0.0649 e. The maximum Gasteiger partial charge on any atom is -0.00575 e. The van der Waals surface area contributed by atoms with Gasteiger partial charge in [-0.05, 0) is 63.6 Å². The molecule has 0 fully saturated rings. The lowest BCUT2D eigenvalue weighted by atomic mass is 9.84. The highest BCUT2D eigenvalue weighted by Crippen LogP contribution is 2.43. The molecule has 0 nitrogen and oxygen atoms in total. The van der Waals surface area contributed by atoms with Crippen LogP contribution in [0.4, 0.5) is 0 Å². The van der Waals surface area contributed by atoms with E-state index in [9.17, 15) is 0 Å². The zero-order valence-corrected chi connectivity index (χ0v) is 17.5. The standard InChI is InChI=1S/C28H30/c1-19(2)16-21-17-23-14-15-24(20(3)4)28(27(23)18-21)26-13-9-8-12-25(26)22-10-6-5-7-11-22/h5-15,18-20H,16-17H2,1-4H3. The summed E-state index contributed by atoms with van der Waals surface area (Å²) < 4.78 is 0. The third kappa shape index (κ3) is 3.56. The molecule has 1 aliphatic carbocycles. The first-order valence-corrected chi connectivity index (χ1v) is 10.5. The molecular formula is C28H30. The predicted octanol–water partition coefficient (Wildman–Crippen LogP) is 8.13. The molecular weight excluding hydrogens is 336 g/mol. The molecule has 1 aliphatic rings. The molecule has 3 aromatic carbocycles. The van der Waals surface area contributed by atoms with Crippen LogP contribution in [-0.2, 0) is 6.42 Å². The van der Waals surface area contributed by atoms with E-state index in [2.05, 4.69) is 101 Å². The van der Waals surface area contributed by atoms with Gasteiger partial charge in [0.2, 0.25) is 0 Å². The van der Waals surface area contributed by atoms with Gasteiger partial charge < -0.3 is 0 Å². The van der Waals surface area contributed by atoms with Crippen molar-refractivity contribution in [3.8, 4) is 22.3 Å². The quantitative estimate of drug-likeness (QED) is 0.427. The first-order valence-electron chi connectivity index (χ1n) is 10.5. The summed E-state index contributed by atoms with van der Waals surface area (Å²) in [4.78, 5) is 0. The van der Waals surface area contributed by atoms with Crippen molar-refractivity contribution in [2.75, 3.05) is 0 Å². The smallest absolute Gasteiger partial charge is 0.00575 e. The van der Waals surface area contributed by atoms with Gasteiger partial charge in [-0.15, -0.1) is 0 Å². The van der Waals surface area contributed by atoms with Gasteiger partial charge in [-0.3, -0.25) is 0 Å². The number of fused-ring (bicyclic) bond motifs is 1. The first kappa shape index (κ1) is 18.7. The van der Waals surface area contributed by atoms with Crippen LogP contribution in [0, 0.1) is 5.92 Å². The average Bonchev–Trinajstić information content (AvgIpc) is 3.09. The van der Waals surface area contributed by atoms with Crippen LogP contribution in [-0.4, -0.2) is 0 Å². The van der Waals surface area contributed by atoms with Gasteiger partial charge in [-0.2, -0.15) is 0 Å². The number of hydrogen-bond acceptors (Lipinski definition) is 0. The minimum Gasteiger partial charge on any atom is -0.0649 e. The highest BCUT2D eigenvalue weighted by atomic mass is 14.3. The molecule has 0 N–H and O–H groups in total.